The number of hydrogen-bond acceptors (Lipinski definition) is 3. The summed E-state index contributed by atoms with van der Waals surface area (Å²) in [6.45, 7) is 4.05. The number of hydrogen-bond donors (Lipinski definition) is 1. The van der Waals surface area contributed by atoms with E-state index in [2.05, 4.69) is 4.90 Å². The zero-order valence-corrected chi connectivity index (χ0v) is 11.0. The number of benzene rings is 1. The minimum atomic E-state index is -0.185. The Kier molecular flexibility index (Phi) is 4.19. The van der Waals surface area contributed by atoms with Gasteiger partial charge in [-0.25, -0.2) is 4.39 Å². The number of ether oxygens (including phenoxy) is 1. The molecule has 1 aliphatic heterocycles. The van der Waals surface area contributed by atoms with Crippen molar-refractivity contribution in [3.8, 4) is 5.75 Å². The fraction of sp³-hybridized carbons (Fsp3) is 0.571. The molecule has 1 aromatic rings. The van der Waals surface area contributed by atoms with E-state index in [1.54, 1.807) is 0 Å². The Labute approximate surface area is 108 Å². The van der Waals surface area contributed by atoms with Crippen molar-refractivity contribution >= 4 is 0 Å². The van der Waals surface area contributed by atoms with Crippen LogP contribution in [-0.4, -0.2) is 31.6 Å². The van der Waals surface area contributed by atoms with Gasteiger partial charge in [0.15, 0.2) is 0 Å². The zero-order chi connectivity index (χ0) is 13.1. The molecule has 2 N–H and O–H groups in total. The standard InChI is InChI=1S/C14H21FN2O/c1-3-18-11-4-5-12(13(15)7-11)14-6-10(8-16)9-17(14)2/h4-5,7,10,14H,3,6,8-9,16H2,1-2H3. The highest BCUT2D eigenvalue weighted by atomic mass is 19.1. The molecule has 0 amide bonds. The molecule has 100 valence electrons. The van der Waals surface area contributed by atoms with Crippen LogP contribution in [-0.2, 0) is 0 Å². The molecule has 1 fully saturated rings. The quantitative estimate of drug-likeness (QED) is 0.892. The van der Waals surface area contributed by atoms with E-state index in [4.69, 9.17) is 10.5 Å². The second kappa shape index (κ2) is 5.67. The van der Waals surface area contributed by atoms with Gasteiger partial charge in [0.05, 0.1) is 6.61 Å². The normalized spacial score (nSPS) is 24.4. The Morgan fingerprint density at radius 1 is 1.50 bits per heavy atom. The topological polar surface area (TPSA) is 38.5 Å². The molecular formula is C14H21FN2O. The minimum absolute atomic E-state index is 0.134. The fourth-order valence-electron chi connectivity index (χ4n) is 2.67. The summed E-state index contributed by atoms with van der Waals surface area (Å²) in [4.78, 5) is 2.18. The average molecular weight is 252 g/mol. The highest BCUT2D eigenvalue weighted by molar-refractivity contribution is 5.31. The number of halogens is 1. The van der Waals surface area contributed by atoms with Crippen LogP contribution in [0.3, 0.4) is 0 Å². The summed E-state index contributed by atoms with van der Waals surface area (Å²) >= 11 is 0. The molecule has 0 saturated carbocycles. The zero-order valence-electron chi connectivity index (χ0n) is 11.0. The van der Waals surface area contributed by atoms with Gasteiger partial charge in [0.1, 0.15) is 11.6 Å². The predicted octanol–water partition coefficient (Wildman–Crippen LogP) is 2.18. The van der Waals surface area contributed by atoms with Crippen LogP contribution in [0, 0.1) is 11.7 Å². The van der Waals surface area contributed by atoms with Gasteiger partial charge in [-0.05, 0) is 38.9 Å². The SMILES string of the molecule is CCOc1ccc(C2CC(CN)CN2C)c(F)c1. The van der Waals surface area contributed by atoms with Gasteiger partial charge in [-0.1, -0.05) is 6.07 Å². The molecule has 0 aliphatic carbocycles. The molecule has 2 atom stereocenters. The van der Waals surface area contributed by atoms with Crippen molar-refractivity contribution in [3.63, 3.8) is 0 Å². The molecule has 2 unspecified atom stereocenters. The third kappa shape index (κ3) is 2.65. The van der Waals surface area contributed by atoms with Crippen molar-refractivity contribution < 1.29 is 9.13 Å². The van der Waals surface area contributed by atoms with Gasteiger partial charge in [0, 0.05) is 24.2 Å². The molecule has 3 nitrogen and oxygen atoms in total. The molecular weight excluding hydrogens is 231 g/mol. The first-order chi connectivity index (χ1) is 8.65. The lowest BCUT2D eigenvalue weighted by Crippen LogP contribution is -2.21. The lowest BCUT2D eigenvalue weighted by molar-refractivity contribution is 0.304. The van der Waals surface area contributed by atoms with Crippen molar-refractivity contribution in [1.29, 1.82) is 0 Å². The molecule has 1 heterocycles. The second-order valence-electron chi connectivity index (χ2n) is 4.91. The van der Waals surface area contributed by atoms with Gasteiger partial charge < -0.3 is 10.5 Å². The molecule has 1 saturated heterocycles. The summed E-state index contributed by atoms with van der Waals surface area (Å²) in [5, 5.41) is 0. The maximum Gasteiger partial charge on any atom is 0.131 e. The largest absolute Gasteiger partial charge is 0.494 e. The van der Waals surface area contributed by atoms with Crippen LogP contribution < -0.4 is 10.5 Å². The van der Waals surface area contributed by atoms with E-state index in [0.29, 0.717) is 24.8 Å². The fourth-order valence-corrected chi connectivity index (χ4v) is 2.67. The van der Waals surface area contributed by atoms with Crippen LogP contribution >= 0.6 is 0 Å². The molecule has 0 spiro atoms. The van der Waals surface area contributed by atoms with Crippen LogP contribution in [0.2, 0.25) is 0 Å². The molecule has 18 heavy (non-hydrogen) atoms. The van der Waals surface area contributed by atoms with Crippen LogP contribution in [0.5, 0.6) is 5.75 Å². The van der Waals surface area contributed by atoms with Gasteiger partial charge in [0.25, 0.3) is 0 Å². The predicted molar refractivity (Wildman–Crippen MR) is 70.1 cm³/mol. The van der Waals surface area contributed by atoms with E-state index in [-0.39, 0.29) is 11.9 Å². The summed E-state index contributed by atoms with van der Waals surface area (Å²) in [5.41, 5.74) is 6.44. The lowest BCUT2D eigenvalue weighted by Gasteiger charge is -2.20. The Morgan fingerprint density at radius 3 is 2.83 bits per heavy atom. The van der Waals surface area contributed by atoms with Crippen LogP contribution in [0.1, 0.15) is 24.9 Å². The molecule has 0 bridgehead atoms. The van der Waals surface area contributed by atoms with Crippen molar-refractivity contribution in [1.82, 2.24) is 4.90 Å². The summed E-state index contributed by atoms with van der Waals surface area (Å²) in [5.74, 6) is 0.871. The van der Waals surface area contributed by atoms with Crippen molar-refractivity contribution in [2.75, 3.05) is 26.7 Å². The van der Waals surface area contributed by atoms with E-state index < -0.39 is 0 Å². The Morgan fingerprint density at radius 2 is 2.28 bits per heavy atom. The monoisotopic (exact) mass is 252 g/mol. The highest BCUT2D eigenvalue weighted by Crippen LogP contribution is 2.35. The second-order valence-corrected chi connectivity index (χ2v) is 4.91. The van der Waals surface area contributed by atoms with Crippen molar-refractivity contribution in [2.24, 2.45) is 11.7 Å². The molecule has 1 aromatic carbocycles. The smallest absolute Gasteiger partial charge is 0.131 e. The third-order valence-corrected chi connectivity index (χ3v) is 3.61. The summed E-state index contributed by atoms with van der Waals surface area (Å²) in [6, 6.07) is 5.28. The Bertz CT molecular complexity index is 411. The van der Waals surface area contributed by atoms with Crippen molar-refractivity contribution in [3.05, 3.63) is 29.6 Å². The Balaban J connectivity index is 2.18. The van der Waals surface area contributed by atoms with E-state index in [1.807, 2.05) is 26.1 Å². The van der Waals surface area contributed by atoms with Crippen LogP contribution in [0.4, 0.5) is 4.39 Å². The molecule has 1 aliphatic rings. The van der Waals surface area contributed by atoms with E-state index >= 15 is 0 Å². The first-order valence-electron chi connectivity index (χ1n) is 6.48. The van der Waals surface area contributed by atoms with Gasteiger partial charge >= 0.3 is 0 Å². The number of rotatable bonds is 4. The molecule has 0 radical (unpaired) electrons. The molecule has 2 rings (SSSR count). The average Bonchev–Trinajstić information content (AvgIpc) is 2.71. The third-order valence-electron chi connectivity index (χ3n) is 3.61. The van der Waals surface area contributed by atoms with Gasteiger partial charge in [-0.15, -0.1) is 0 Å². The lowest BCUT2D eigenvalue weighted by atomic mass is 9.99. The maximum atomic E-state index is 14.1. The Hall–Kier alpha value is -1.13. The van der Waals surface area contributed by atoms with E-state index in [0.717, 1.165) is 18.5 Å². The van der Waals surface area contributed by atoms with E-state index in [1.165, 1.54) is 6.07 Å². The first kappa shape index (κ1) is 13.3. The first-order valence-corrected chi connectivity index (χ1v) is 6.48. The van der Waals surface area contributed by atoms with E-state index in [9.17, 15) is 4.39 Å². The summed E-state index contributed by atoms with van der Waals surface area (Å²) in [6.07, 6.45) is 0.928. The summed E-state index contributed by atoms with van der Waals surface area (Å²) in [7, 11) is 2.02. The van der Waals surface area contributed by atoms with Gasteiger partial charge in [0.2, 0.25) is 0 Å². The van der Waals surface area contributed by atoms with Crippen molar-refractivity contribution in [2.45, 2.75) is 19.4 Å². The minimum Gasteiger partial charge on any atom is -0.494 e. The van der Waals surface area contributed by atoms with Gasteiger partial charge in [-0.3, -0.25) is 4.90 Å². The highest BCUT2D eigenvalue weighted by Gasteiger charge is 2.31. The maximum absolute atomic E-state index is 14.1. The number of nitrogens with two attached hydrogens (primary N) is 1. The molecule has 4 heteroatoms. The number of nitrogens with zero attached hydrogens (tertiary/aromatic N) is 1. The van der Waals surface area contributed by atoms with Gasteiger partial charge in [-0.2, -0.15) is 0 Å². The summed E-state index contributed by atoms with van der Waals surface area (Å²) < 4.78 is 19.4. The van der Waals surface area contributed by atoms with Crippen LogP contribution in [0.25, 0.3) is 0 Å². The molecule has 0 aromatic heterocycles. The van der Waals surface area contributed by atoms with Crippen LogP contribution in [0.15, 0.2) is 18.2 Å². The number of likely N-dealkylation sites (tertiary alicyclic amines) is 1.